The number of ketones is 1. The van der Waals surface area contributed by atoms with E-state index in [2.05, 4.69) is 20.6 Å². The van der Waals surface area contributed by atoms with Gasteiger partial charge in [0.25, 0.3) is 11.8 Å². The summed E-state index contributed by atoms with van der Waals surface area (Å²) >= 11 is 0. The van der Waals surface area contributed by atoms with Gasteiger partial charge in [-0.2, -0.15) is 4.68 Å². The molecule has 4 rings (SSSR count). The summed E-state index contributed by atoms with van der Waals surface area (Å²) < 4.78 is 11.8. The fraction of sp³-hybridized carbons (Fsp3) is 0.645. The van der Waals surface area contributed by atoms with E-state index in [1.807, 2.05) is 52.0 Å². The molecule has 42 heavy (non-hydrogen) atoms. The third-order valence-corrected chi connectivity index (χ3v) is 7.87. The molecule has 1 saturated heterocycles. The standard InChI is InChI=1S/C31H45N5O6/c1-20(2)17-26(27(37)30-34-36(18-21(3)4)31(40)42-30)33-29(39)24-11-7-8-12-25(24)32-28(38)23-10-6-5-9-22(23)19-35-13-15-41-16-14-35/h5-6,9-10,20-21,24-26H,7-8,11-19H2,1-4H3,(H,32,38)(H,33,39)/t24-,25+,26?/m1/s1. The van der Waals surface area contributed by atoms with Crippen LogP contribution in [0.15, 0.2) is 33.5 Å². The van der Waals surface area contributed by atoms with E-state index in [4.69, 9.17) is 9.15 Å². The fourth-order valence-corrected chi connectivity index (χ4v) is 5.74. The number of rotatable bonds is 12. The van der Waals surface area contributed by atoms with Crippen LogP contribution < -0.4 is 16.4 Å². The number of hydrogen-bond donors (Lipinski definition) is 2. The van der Waals surface area contributed by atoms with Crippen molar-refractivity contribution in [1.82, 2.24) is 25.3 Å². The van der Waals surface area contributed by atoms with Crippen LogP contribution in [0.1, 0.15) is 86.4 Å². The molecule has 2 fully saturated rings. The highest BCUT2D eigenvalue weighted by molar-refractivity contribution is 5.99. The first kappa shape index (κ1) is 31.6. The van der Waals surface area contributed by atoms with Crippen LogP contribution in [-0.2, 0) is 22.6 Å². The topological polar surface area (TPSA) is 136 Å². The van der Waals surface area contributed by atoms with Crippen molar-refractivity contribution in [3.05, 3.63) is 51.8 Å². The van der Waals surface area contributed by atoms with Crippen LogP contribution in [0.2, 0.25) is 0 Å². The number of amides is 2. The molecule has 11 heteroatoms. The Hall–Kier alpha value is -3.31. The summed E-state index contributed by atoms with van der Waals surface area (Å²) in [6.07, 6.45) is 3.40. The summed E-state index contributed by atoms with van der Waals surface area (Å²) in [6.45, 7) is 11.8. The van der Waals surface area contributed by atoms with E-state index in [0.29, 0.717) is 51.1 Å². The zero-order valence-corrected chi connectivity index (χ0v) is 25.3. The van der Waals surface area contributed by atoms with Gasteiger partial charge in [-0.15, -0.1) is 5.10 Å². The molecule has 1 saturated carbocycles. The highest BCUT2D eigenvalue weighted by Gasteiger charge is 2.36. The minimum Gasteiger partial charge on any atom is -0.384 e. The quantitative estimate of drug-likeness (QED) is 0.364. The van der Waals surface area contributed by atoms with Gasteiger partial charge in [0, 0.05) is 31.2 Å². The number of carbonyl (C=O) groups is 3. The number of ether oxygens (including phenoxy) is 1. The Balaban J connectivity index is 1.46. The van der Waals surface area contributed by atoms with Crippen LogP contribution in [0.4, 0.5) is 0 Å². The highest BCUT2D eigenvalue weighted by Crippen LogP contribution is 2.26. The number of carbonyl (C=O) groups excluding carboxylic acids is 3. The molecule has 1 aromatic heterocycles. The van der Waals surface area contributed by atoms with Crippen LogP contribution >= 0.6 is 0 Å². The van der Waals surface area contributed by atoms with Crippen LogP contribution in [0.3, 0.4) is 0 Å². The van der Waals surface area contributed by atoms with Gasteiger partial charge in [-0.1, -0.05) is 58.7 Å². The van der Waals surface area contributed by atoms with Gasteiger partial charge in [-0.25, -0.2) is 4.79 Å². The Morgan fingerprint density at radius 1 is 1.02 bits per heavy atom. The van der Waals surface area contributed by atoms with Crippen molar-refractivity contribution < 1.29 is 23.5 Å². The first-order valence-electron chi connectivity index (χ1n) is 15.2. The summed E-state index contributed by atoms with van der Waals surface area (Å²) in [5, 5.41) is 10.2. The molecule has 2 aliphatic rings. The number of benzene rings is 1. The largest absolute Gasteiger partial charge is 0.437 e. The lowest BCUT2D eigenvalue weighted by Crippen LogP contribution is -2.52. The Morgan fingerprint density at radius 2 is 1.74 bits per heavy atom. The number of Topliss-reactive ketones (excluding diaryl/α,β-unsaturated/α-hetero) is 1. The van der Waals surface area contributed by atoms with Crippen LogP contribution in [0.5, 0.6) is 0 Å². The molecule has 3 atom stereocenters. The second kappa shape index (κ2) is 14.7. The lowest BCUT2D eigenvalue weighted by molar-refractivity contribution is -0.127. The zero-order valence-electron chi connectivity index (χ0n) is 25.3. The number of morpholine rings is 1. The van der Waals surface area contributed by atoms with E-state index in [1.165, 1.54) is 0 Å². The molecule has 1 aliphatic heterocycles. The average Bonchev–Trinajstić information content (AvgIpc) is 3.32. The van der Waals surface area contributed by atoms with Crippen LogP contribution in [0, 0.1) is 17.8 Å². The van der Waals surface area contributed by atoms with E-state index < -0.39 is 23.5 Å². The molecular weight excluding hydrogens is 538 g/mol. The van der Waals surface area contributed by atoms with Crippen molar-refractivity contribution in [2.45, 2.75) is 85.0 Å². The van der Waals surface area contributed by atoms with Crippen molar-refractivity contribution in [2.24, 2.45) is 17.8 Å². The van der Waals surface area contributed by atoms with Gasteiger partial charge >= 0.3 is 5.76 Å². The van der Waals surface area contributed by atoms with Gasteiger partial charge in [0.2, 0.25) is 11.7 Å². The first-order chi connectivity index (χ1) is 20.1. The van der Waals surface area contributed by atoms with Crippen molar-refractivity contribution >= 4 is 17.6 Å². The number of hydrogen-bond acceptors (Lipinski definition) is 8. The van der Waals surface area contributed by atoms with Crippen LogP contribution in [0.25, 0.3) is 0 Å². The maximum Gasteiger partial charge on any atom is 0.437 e. The average molecular weight is 584 g/mol. The highest BCUT2D eigenvalue weighted by atomic mass is 16.5. The van der Waals surface area contributed by atoms with Crippen molar-refractivity contribution in [2.75, 3.05) is 26.3 Å². The maximum atomic E-state index is 13.7. The van der Waals surface area contributed by atoms with Gasteiger partial charge < -0.3 is 19.8 Å². The fourth-order valence-electron chi connectivity index (χ4n) is 5.74. The lowest BCUT2D eigenvalue weighted by atomic mass is 9.83. The van der Waals surface area contributed by atoms with E-state index >= 15 is 0 Å². The van der Waals surface area contributed by atoms with E-state index in [0.717, 1.165) is 36.2 Å². The Labute approximate surface area is 247 Å². The molecule has 2 aromatic rings. The van der Waals surface area contributed by atoms with Crippen molar-refractivity contribution in [1.29, 1.82) is 0 Å². The van der Waals surface area contributed by atoms with E-state index in [1.54, 1.807) is 0 Å². The maximum absolute atomic E-state index is 13.7. The molecule has 0 spiro atoms. The summed E-state index contributed by atoms with van der Waals surface area (Å²) in [6, 6.07) is 6.33. The molecule has 230 valence electrons. The molecule has 2 heterocycles. The molecule has 1 aromatic carbocycles. The summed E-state index contributed by atoms with van der Waals surface area (Å²) in [7, 11) is 0. The molecule has 11 nitrogen and oxygen atoms in total. The number of aromatic nitrogens is 2. The minimum absolute atomic E-state index is 0.0912. The number of nitrogens with zero attached hydrogens (tertiary/aromatic N) is 3. The Bertz CT molecular complexity index is 1280. The predicted octanol–water partition coefficient (Wildman–Crippen LogP) is 3.03. The normalized spacial score (nSPS) is 20.4. The Kier molecular flexibility index (Phi) is 11.1. The third-order valence-electron chi connectivity index (χ3n) is 7.87. The molecule has 0 radical (unpaired) electrons. The molecule has 2 N–H and O–H groups in total. The smallest absolute Gasteiger partial charge is 0.384 e. The number of nitrogens with one attached hydrogen (secondary N) is 2. The second-order valence-electron chi connectivity index (χ2n) is 12.3. The zero-order chi connectivity index (χ0) is 30.2. The van der Waals surface area contributed by atoms with Gasteiger partial charge in [0.1, 0.15) is 0 Å². The molecule has 1 aliphatic carbocycles. The second-order valence-corrected chi connectivity index (χ2v) is 12.3. The van der Waals surface area contributed by atoms with E-state index in [-0.39, 0.29) is 35.6 Å². The first-order valence-corrected chi connectivity index (χ1v) is 15.2. The van der Waals surface area contributed by atoms with Crippen molar-refractivity contribution in [3.8, 4) is 0 Å². The monoisotopic (exact) mass is 583 g/mol. The molecular formula is C31H45N5O6. The van der Waals surface area contributed by atoms with Gasteiger partial charge in [0.15, 0.2) is 0 Å². The lowest BCUT2D eigenvalue weighted by Gasteiger charge is -2.33. The van der Waals surface area contributed by atoms with Crippen LogP contribution in [-0.4, -0.2) is 70.7 Å². The van der Waals surface area contributed by atoms with Gasteiger partial charge in [0.05, 0.1) is 31.7 Å². The Morgan fingerprint density at radius 3 is 2.45 bits per heavy atom. The SMILES string of the molecule is CC(C)CC(NC(=O)[C@@H]1CCCC[C@@H]1NC(=O)c1ccccc1CN1CCOCC1)C(=O)c1nn(CC(C)C)c(=O)o1. The summed E-state index contributed by atoms with van der Waals surface area (Å²) in [5.41, 5.74) is 1.54. The predicted molar refractivity (Wildman–Crippen MR) is 157 cm³/mol. The minimum atomic E-state index is -0.893. The molecule has 0 bridgehead atoms. The summed E-state index contributed by atoms with van der Waals surface area (Å²) in [4.78, 5) is 55.1. The molecule has 1 unspecified atom stereocenters. The van der Waals surface area contributed by atoms with Crippen molar-refractivity contribution in [3.63, 3.8) is 0 Å². The third kappa shape index (κ3) is 8.38. The molecule has 2 amide bonds. The van der Waals surface area contributed by atoms with Gasteiger partial charge in [-0.3, -0.25) is 19.3 Å². The summed E-state index contributed by atoms with van der Waals surface area (Å²) in [5.74, 6) is -2.24. The van der Waals surface area contributed by atoms with Gasteiger partial charge in [-0.05, 0) is 42.7 Å². The van der Waals surface area contributed by atoms with E-state index in [9.17, 15) is 19.2 Å².